The fraction of sp³-hybridized carbons (Fsp3) is 0.571. The summed E-state index contributed by atoms with van der Waals surface area (Å²) in [6.45, 7) is 6.41. The molecule has 0 aliphatic carbocycles. The first-order valence-electron chi connectivity index (χ1n) is 6.53. The van der Waals surface area contributed by atoms with E-state index in [2.05, 4.69) is 0 Å². The van der Waals surface area contributed by atoms with Crippen LogP contribution in [0.3, 0.4) is 0 Å². The van der Waals surface area contributed by atoms with Gasteiger partial charge in [-0.3, -0.25) is 0 Å². The monoisotopic (exact) mass is 285 g/mol. The minimum Gasteiger partial charge on any atom is -0.492 e. The van der Waals surface area contributed by atoms with Crippen molar-refractivity contribution in [3.8, 4) is 5.75 Å². The minimum absolute atomic E-state index is 0.0624. The molecule has 1 rings (SSSR count). The zero-order valence-electron chi connectivity index (χ0n) is 11.9. The summed E-state index contributed by atoms with van der Waals surface area (Å²) in [4.78, 5) is 0. The van der Waals surface area contributed by atoms with Crippen LogP contribution in [0.2, 0.25) is 0 Å². The van der Waals surface area contributed by atoms with Crippen molar-refractivity contribution in [3.63, 3.8) is 0 Å². The van der Waals surface area contributed by atoms with Crippen LogP contribution >= 0.6 is 0 Å². The van der Waals surface area contributed by atoms with Gasteiger partial charge in [-0.25, -0.2) is 8.42 Å². The van der Waals surface area contributed by atoms with Crippen molar-refractivity contribution in [2.45, 2.75) is 27.2 Å². The van der Waals surface area contributed by atoms with Gasteiger partial charge in [0.1, 0.15) is 12.4 Å². The van der Waals surface area contributed by atoms with Gasteiger partial charge in [0.05, 0.1) is 5.75 Å². The fourth-order valence-electron chi connectivity index (χ4n) is 1.99. The third-order valence-electron chi connectivity index (χ3n) is 3.03. The Kier molecular flexibility index (Phi) is 5.82. The van der Waals surface area contributed by atoms with Gasteiger partial charge in [0.25, 0.3) is 0 Å². The van der Waals surface area contributed by atoms with Crippen LogP contribution < -0.4 is 10.5 Å². The van der Waals surface area contributed by atoms with Crippen molar-refractivity contribution in [1.29, 1.82) is 0 Å². The summed E-state index contributed by atoms with van der Waals surface area (Å²) in [6, 6.07) is 4.09. The molecule has 0 radical (unpaired) electrons. The van der Waals surface area contributed by atoms with E-state index in [0.717, 1.165) is 23.3 Å². The van der Waals surface area contributed by atoms with E-state index in [1.807, 2.05) is 26.0 Å². The van der Waals surface area contributed by atoms with Gasteiger partial charge in [-0.05, 0) is 43.5 Å². The molecule has 0 aromatic heterocycles. The molecular formula is C14H23NO3S. The van der Waals surface area contributed by atoms with Crippen LogP contribution in [0.15, 0.2) is 12.1 Å². The third-order valence-corrected chi connectivity index (χ3v) is 4.70. The van der Waals surface area contributed by atoms with Gasteiger partial charge in [-0.15, -0.1) is 0 Å². The number of nitrogens with two attached hydrogens (primary N) is 1. The standard InChI is InChI=1S/C14H23NO3S/c1-4-19(16,17)8-7-18-14-11(2)9-13(5-6-15)10-12(14)3/h9-10H,4-8,15H2,1-3H3. The Hall–Kier alpha value is -1.07. The Balaban J connectivity index is 2.74. The maximum absolute atomic E-state index is 11.4. The van der Waals surface area contributed by atoms with Crippen molar-refractivity contribution in [1.82, 2.24) is 0 Å². The fourth-order valence-corrected chi connectivity index (χ4v) is 2.62. The zero-order chi connectivity index (χ0) is 14.5. The number of ether oxygens (including phenoxy) is 1. The molecule has 1 aromatic rings. The smallest absolute Gasteiger partial charge is 0.153 e. The van der Waals surface area contributed by atoms with Crippen LogP contribution in [0, 0.1) is 13.8 Å². The molecule has 0 spiro atoms. The Labute approximate surface area is 115 Å². The second-order valence-corrected chi connectivity index (χ2v) is 7.15. The first-order valence-corrected chi connectivity index (χ1v) is 8.35. The predicted molar refractivity (Wildman–Crippen MR) is 78.5 cm³/mol. The van der Waals surface area contributed by atoms with E-state index < -0.39 is 9.84 Å². The molecule has 0 heterocycles. The van der Waals surface area contributed by atoms with E-state index in [-0.39, 0.29) is 18.1 Å². The van der Waals surface area contributed by atoms with E-state index in [9.17, 15) is 8.42 Å². The summed E-state index contributed by atoms with van der Waals surface area (Å²) in [5.41, 5.74) is 8.78. The van der Waals surface area contributed by atoms with Gasteiger partial charge in [0, 0.05) is 5.75 Å². The Morgan fingerprint density at radius 1 is 1.21 bits per heavy atom. The van der Waals surface area contributed by atoms with Crippen molar-refractivity contribution in [3.05, 3.63) is 28.8 Å². The second-order valence-electron chi connectivity index (χ2n) is 4.68. The topological polar surface area (TPSA) is 69.4 Å². The van der Waals surface area contributed by atoms with Crippen LogP contribution in [0.25, 0.3) is 0 Å². The Bertz CT molecular complexity index is 500. The maximum atomic E-state index is 11.4. The highest BCUT2D eigenvalue weighted by Gasteiger charge is 2.10. The van der Waals surface area contributed by atoms with Crippen LogP contribution in [0.5, 0.6) is 5.75 Å². The summed E-state index contributed by atoms with van der Waals surface area (Å²) >= 11 is 0. The molecule has 0 aliphatic heterocycles. The van der Waals surface area contributed by atoms with Gasteiger partial charge < -0.3 is 10.5 Å². The molecule has 0 atom stereocenters. The first kappa shape index (κ1) is 16.0. The SMILES string of the molecule is CCS(=O)(=O)CCOc1c(C)cc(CCN)cc1C. The molecule has 0 unspecified atom stereocenters. The van der Waals surface area contributed by atoms with E-state index in [1.165, 1.54) is 5.56 Å². The number of hydrogen-bond acceptors (Lipinski definition) is 4. The van der Waals surface area contributed by atoms with E-state index in [4.69, 9.17) is 10.5 Å². The normalized spacial score (nSPS) is 11.6. The van der Waals surface area contributed by atoms with Crippen LogP contribution in [-0.4, -0.2) is 33.1 Å². The molecule has 0 saturated heterocycles. The van der Waals surface area contributed by atoms with Crippen molar-refractivity contribution < 1.29 is 13.2 Å². The highest BCUT2D eigenvalue weighted by molar-refractivity contribution is 7.91. The lowest BCUT2D eigenvalue weighted by Crippen LogP contribution is -2.16. The molecule has 0 aliphatic rings. The Morgan fingerprint density at radius 2 is 1.79 bits per heavy atom. The zero-order valence-corrected chi connectivity index (χ0v) is 12.7. The average molecular weight is 285 g/mol. The second kappa shape index (κ2) is 6.91. The molecule has 5 heteroatoms. The molecule has 0 amide bonds. The first-order chi connectivity index (χ1) is 8.89. The molecule has 108 valence electrons. The maximum Gasteiger partial charge on any atom is 0.153 e. The van der Waals surface area contributed by atoms with Crippen molar-refractivity contribution >= 4 is 9.84 Å². The average Bonchev–Trinajstić information content (AvgIpc) is 2.33. The quantitative estimate of drug-likeness (QED) is 0.826. The van der Waals surface area contributed by atoms with E-state index in [1.54, 1.807) is 6.92 Å². The number of rotatable bonds is 7. The van der Waals surface area contributed by atoms with E-state index in [0.29, 0.717) is 6.54 Å². The lowest BCUT2D eigenvalue weighted by Gasteiger charge is -2.14. The molecule has 19 heavy (non-hydrogen) atoms. The number of benzene rings is 1. The summed E-state index contributed by atoms with van der Waals surface area (Å²) < 4.78 is 28.4. The summed E-state index contributed by atoms with van der Waals surface area (Å²) in [5.74, 6) is 1.00. The van der Waals surface area contributed by atoms with E-state index >= 15 is 0 Å². The Morgan fingerprint density at radius 3 is 2.26 bits per heavy atom. The van der Waals surface area contributed by atoms with Gasteiger partial charge in [-0.1, -0.05) is 19.1 Å². The molecule has 1 aromatic carbocycles. The molecule has 0 saturated carbocycles. The van der Waals surface area contributed by atoms with Gasteiger partial charge in [0.2, 0.25) is 0 Å². The lowest BCUT2D eigenvalue weighted by atomic mass is 10.0. The van der Waals surface area contributed by atoms with Gasteiger partial charge in [-0.2, -0.15) is 0 Å². The van der Waals surface area contributed by atoms with Gasteiger partial charge in [0.15, 0.2) is 9.84 Å². The summed E-state index contributed by atoms with van der Waals surface area (Å²) in [7, 11) is -2.97. The summed E-state index contributed by atoms with van der Waals surface area (Å²) in [5, 5.41) is 0. The molecule has 0 bridgehead atoms. The number of aryl methyl sites for hydroxylation is 2. The van der Waals surface area contributed by atoms with Crippen LogP contribution in [0.4, 0.5) is 0 Å². The van der Waals surface area contributed by atoms with Crippen molar-refractivity contribution in [2.24, 2.45) is 5.73 Å². The highest BCUT2D eigenvalue weighted by Crippen LogP contribution is 2.25. The molecular weight excluding hydrogens is 262 g/mol. The predicted octanol–water partition coefficient (Wildman–Crippen LogP) is 1.62. The van der Waals surface area contributed by atoms with Crippen LogP contribution in [0.1, 0.15) is 23.6 Å². The highest BCUT2D eigenvalue weighted by atomic mass is 32.2. The molecule has 4 nitrogen and oxygen atoms in total. The molecule has 2 N–H and O–H groups in total. The molecule has 0 fully saturated rings. The minimum atomic E-state index is -2.97. The lowest BCUT2D eigenvalue weighted by molar-refractivity contribution is 0.336. The van der Waals surface area contributed by atoms with Crippen molar-refractivity contribution in [2.75, 3.05) is 24.7 Å². The van der Waals surface area contributed by atoms with Crippen LogP contribution in [-0.2, 0) is 16.3 Å². The number of hydrogen-bond donors (Lipinski definition) is 1. The largest absolute Gasteiger partial charge is 0.492 e. The van der Waals surface area contributed by atoms with Gasteiger partial charge >= 0.3 is 0 Å². The number of sulfone groups is 1. The third kappa shape index (κ3) is 4.84. The summed E-state index contributed by atoms with van der Waals surface area (Å²) in [6.07, 6.45) is 0.839.